The van der Waals surface area contributed by atoms with Crippen LogP contribution in [0.1, 0.15) is 69.4 Å². The lowest BCUT2D eigenvalue weighted by molar-refractivity contribution is 0.354. The number of halogens is 1. The first-order valence-corrected chi connectivity index (χ1v) is 10.9. The highest BCUT2D eigenvalue weighted by atomic mass is 35.5. The largest absolute Gasteiger partial charge is 0.339 e. The van der Waals surface area contributed by atoms with Gasteiger partial charge in [0.1, 0.15) is 23.6 Å². The molecular weight excluding hydrogens is 416 g/mol. The maximum Gasteiger partial charge on any atom is 0.278 e. The van der Waals surface area contributed by atoms with Crippen LogP contribution in [0.2, 0.25) is 5.02 Å². The Morgan fingerprint density at radius 1 is 1.32 bits per heavy atom. The van der Waals surface area contributed by atoms with Crippen molar-refractivity contribution in [1.29, 1.82) is 5.26 Å². The Morgan fingerprint density at radius 3 is 2.81 bits per heavy atom. The average molecular weight is 437 g/mol. The summed E-state index contributed by atoms with van der Waals surface area (Å²) in [7, 11) is 0. The molecule has 0 spiro atoms. The zero-order valence-electron chi connectivity index (χ0n) is 17.3. The number of nitrogens with zero attached hydrogens (tertiary/aromatic N) is 6. The number of hydrogen-bond donors (Lipinski definition) is 0. The molecule has 3 heterocycles. The molecular formula is C22H21ClN6O2. The normalized spacial score (nSPS) is 15.7. The van der Waals surface area contributed by atoms with Gasteiger partial charge in [-0.15, -0.1) is 0 Å². The third-order valence-electron chi connectivity index (χ3n) is 6.30. The second-order valence-corrected chi connectivity index (χ2v) is 8.49. The van der Waals surface area contributed by atoms with Gasteiger partial charge < -0.3 is 9.09 Å². The highest BCUT2D eigenvalue weighted by Gasteiger charge is 2.27. The van der Waals surface area contributed by atoms with Crippen molar-refractivity contribution in [2.24, 2.45) is 0 Å². The van der Waals surface area contributed by atoms with Crippen molar-refractivity contribution in [2.75, 3.05) is 0 Å². The van der Waals surface area contributed by atoms with Crippen LogP contribution in [0, 0.1) is 11.3 Å². The van der Waals surface area contributed by atoms with Gasteiger partial charge in [0.2, 0.25) is 11.7 Å². The van der Waals surface area contributed by atoms with Gasteiger partial charge in [-0.2, -0.15) is 10.2 Å². The molecule has 4 aromatic rings. The molecule has 158 valence electrons. The lowest BCUT2D eigenvalue weighted by atomic mass is 10.1. The summed E-state index contributed by atoms with van der Waals surface area (Å²) in [6.07, 6.45) is 6.66. The van der Waals surface area contributed by atoms with Crippen LogP contribution >= 0.6 is 11.6 Å². The van der Waals surface area contributed by atoms with E-state index in [0.717, 1.165) is 25.7 Å². The molecule has 0 N–H and O–H groups in total. The Kier molecular flexibility index (Phi) is 4.78. The second-order valence-electron chi connectivity index (χ2n) is 8.08. The monoisotopic (exact) mass is 436 g/mol. The molecule has 0 radical (unpaired) electrons. The fraction of sp³-hybridized carbons (Fsp3) is 0.409. The fourth-order valence-electron chi connectivity index (χ4n) is 4.49. The van der Waals surface area contributed by atoms with E-state index in [-0.39, 0.29) is 23.1 Å². The first-order chi connectivity index (χ1) is 15.0. The molecule has 1 unspecified atom stereocenters. The smallest absolute Gasteiger partial charge is 0.278 e. The van der Waals surface area contributed by atoms with Crippen LogP contribution in [-0.2, 0) is 0 Å². The molecule has 1 atom stereocenters. The number of hydrogen-bond acceptors (Lipinski definition) is 6. The second kappa shape index (κ2) is 7.50. The van der Waals surface area contributed by atoms with E-state index >= 15 is 0 Å². The Hall–Kier alpha value is -3.18. The highest BCUT2D eigenvalue weighted by Crippen LogP contribution is 2.34. The summed E-state index contributed by atoms with van der Waals surface area (Å²) in [6.45, 7) is 3.94. The molecule has 0 saturated heterocycles. The molecule has 1 aliphatic rings. The van der Waals surface area contributed by atoms with Crippen molar-refractivity contribution in [3.8, 4) is 17.6 Å². The van der Waals surface area contributed by atoms with Gasteiger partial charge in [-0.1, -0.05) is 36.5 Å². The zero-order chi connectivity index (χ0) is 21.7. The molecule has 1 aliphatic carbocycles. The van der Waals surface area contributed by atoms with Crippen molar-refractivity contribution in [3.05, 3.63) is 45.3 Å². The SMILES string of the molecule is CCC(C)n1c(=O)c2c(-c3noc(C4CCCC4)n3)ncn2c2ccc(Cl)c(C#N)c21. The molecule has 1 aromatic carbocycles. The van der Waals surface area contributed by atoms with Crippen molar-refractivity contribution in [3.63, 3.8) is 0 Å². The van der Waals surface area contributed by atoms with Gasteiger partial charge >= 0.3 is 0 Å². The van der Waals surface area contributed by atoms with E-state index < -0.39 is 0 Å². The summed E-state index contributed by atoms with van der Waals surface area (Å²) in [4.78, 5) is 22.7. The summed E-state index contributed by atoms with van der Waals surface area (Å²) in [6, 6.07) is 5.48. The maximum atomic E-state index is 13.7. The third kappa shape index (κ3) is 2.95. The van der Waals surface area contributed by atoms with Crippen LogP contribution in [0.5, 0.6) is 0 Å². The van der Waals surface area contributed by atoms with Crippen LogP contribution in [0.25, 0.3) is 28.1 Å². The molecule has 31 heavy (non-hydrogen) atoms. The maximum absolute atomic E-state index is 13.7. The molecule has 3 aromatic heterocycles. The Bertz CT molecular complexity index is 1400. The number of benzene rings is 1. The van der Waals surface area contributed by atoms with Gasteiger partial charge in [0, 0.05) is 12.0 Å². The molecule has 0 aliphatic heterocycles. The molecule has 5 rings (SSSR count). The number of fused-ring (bicyclic) bond motifs is 3. The van der Waals surface area contributed by atoms with Gasteiger partial charge in [0.05, 0.1) is 21.6 Å². The first-order valence-electron chi connectivity index (χ1n) is 10.5. The molecule has 8 nitrogen and oxygen atoms in total. The minimum atomic E-state index is -0.264. The number of imidazole rings is 1. The van der Waals surface area contributed by atoms with Crippen LogP contribution in [0.4, 0.5) is 0 Å². The highest BCUT2D eigenvalue weighted by molar-refractivity contribution is 6.32. The first kappa shape index (κ1) is 19.8. The van der Waals surface area contributed by atoms with E-state index in [4.69, 9.17) is 16.1 Å². The van der Waals surface area contributed by atoms with Crippen LogP contribution in [0.3, 0.4) is 0 Å². The molecule has 1 saturated carbocycles. The number of aromatic nitrogens is 5. The Labute approximate surface area is 183 Å². The molecule has 9 heteroatoms. The predicted molar refractivity (Wildman–Crippen MR) is 116 cm³/mol. The van der Waals surface area contributed by atoms with Crippen LogP contribution in [0.15, 0.2) is 27.8 Å². The van der Waals surface area contributed by atoms with E-state index in [2.05, 4.69) is 21.2 Å². The minimum absolute atomic E-state index is 0.146. The summed E-state index contributed by atoms with van der Waals surface area (Å²) < 4.78 is 8.85. The van der Waals surface area contributed by atoms with Gasteiger partial charge in [0.15, 0.2) is 0 Å². The minimum Gasteiger partial charge on any atom is -0.339 e. The lowest BCUT2D eigenvalue weighted by Crippen LogP contribution is -2.26. The summed E-state index contributed by atoms with van der Waals surface area (Å²) in [5, 5.41) is 14.2. The lowest BCUT2D eigenvalue weighted by Gasteiger charge is -2.19. The van der Waals surface area contributed by atoms with E-state index in [9.17, 15) is 10.1 Å². The standard InChI is InChI=1S/C22H21ClN6O2/c1-3-12(2)29-18-14(10-24)15(23)8-9-16(18)28-11-25-17(19(28)22(29)30)20-26-21(31-27-20)13-6-4-5-7-13/h8-9,11-13H,3-7H2,1-2H3. The summed E-state index contributed by atoms with van der Waals surface area (Å²) in [5.74, 6) is 1.19. The van der Waals surface area contributed by atoms with Crippen LogP contribution in [-0.4, -0.2) is 24.1 Å². The average Bonchev–Trinajstić information content (AvgIpc) is 3.53. The van der Waals surface area contributed by atoms with Gasteiger partial charge in [-0.25, -0.2) is 4.98 Å². The number of rotatable bonds is 4. The Balaban J connectivity index is 1.82. The molecule has 1 fully saturated rings. The third-order valence-corrected chi connectivity index (χ3v) is 6.61. The quantitative estimate of drug-likeness (QED) is 0.453. The van der Waals surface area contributed by atoms with Crippen LogP contribution < -0.4 is 5.56 Å². The van der Waals surface area contributed by atoms with E-state index in [1.54, 1.807) is 27.4 Å². The van der Waals surface area contributed by atoms with Crippen molar-refractivity contribution in [2.45, 2.75) is 57.9 Å². The van der Waals surface area contributed by atoms with Crippen molar-refractivity contribution < 1.29 is 4.52 Å². The zero-order valence-corrected chi connectivity index (χ0v) is 18.1. The van der Waals surface area contributed by atoms with E-state index in [1.807, 2.05) is 13.8 Å². The fourth-order valence-corrected chi connectivity index (χ4v) is 4.68. The van der Waals surface area contributed by atoms with E-state index in [1.165, 1.54) is 0 Å². The Morgan fingerprint density at radius 2 is 2.10 bits per heavy atom. The molecule has 0 bridgehead atoms. The summed E-state index contributed by atoms with van der Waals surface area (Å²) >= 11 is 6.30. The van der Waals surface area contributed by atoms with Gasteiger partial charge in [-0.05, 0) is 38.3 Å². The van der Waals surface area contributed by atoms with Crippen molar-refractivity contribution in [1.82, 2.24) is 24.1 Å². The van der Waals surface area contributed by atoms with Gasteiger partial charge in [-0.3, -0.25) is 9.20 Å². The molecule has 0 amide bonds. The predicted octanol–water partition coefficient (Wildman–Crippen LogP) is 4.85. The van der Waals surface area contributed by atoms with Gasteiger partial charge in [0.25, 0.3) is 5.56 Å². The topological polar surface area (TPSA) is 102 Å². The van der Waals surface area contributed by atoms with Crippen molar-refractivity contribution >= 4 is 28.2 Å². The number of nitriles is 1. The van der Waals surface area contributed by atoms with E-state index in [0.29, 0.717) is 45.4 Å². The summed E-state index contributed by atoms with van der Waals surface area (Å²) in [5.41, 5.74) is 1.93.